The zero-order valence-corrected chi connectivity index (χ0v) is 11.9. The molecule has 3 heterocycles. The van der Waals surface area contributed by atoms with Crippen molar-refractivity contribution < 1.29 is 4.79 Å². The molecule has 3 aromatic rings. The second-order valence-electron chi connectivity index (χ2n) is 4.48. The summed E-state index contributed by atoms with van der Waals surface area (Å²) in [5.74, 6) is 0.263. The Kier molecular flexibility index (Phi) is 3.48. The maximum Gasteiger partial charge on any atom is 0.262 e. The fourth-order valence-electron chi connectivity index (χ4n) is 1.94. The molecule has 0 radical (unpaired) electrons. The van der Waals surface area contributed by atoms with Gasteiger partial charge in [-0.2, -0.15) is 5.10 Å². The predicted octanol–water partition coefficient (Wildman–Crippen LogP) is 0.453. The quantitative estimate of drug-likeness (QED) is 0.728. The third-order valence-corrected chi connectivity index (χ3v) is 3.81. The molecule has 2 N–H and O–H groups in total. The first-order chi connectivity index (χ1) is 10.1. The third-order valence-electron chi connectivity index (χ3n) is 2.99. The Labute approximate surface area is 122 Å². The van der Waals surface area contributed by atoms with Gasteiger partial charge in [0.1, 0.15) is 23.5 Å². The first kappa shape index (κ1) is 13.4. The van der Waals surface area contributed by atoms with Gasteiger partial charge in [-0.05, 0) is 18.4 Å². The molecule has 0 aliphatic heterocycles. The molecule has 0 fully saturated rings. The number of rotatable bonds is 4. The molecule has 1 amide bonds. The number of amides is 1. The highest BCUT2D eigenvalue weighted by molar-refractivity contribution is 7.16. The number of aromatic nitrogens is 5. The van der Waals surface area contributed by atoms with Crippen LogP contribution in [0.15, 0.2) is 28.9 Å². The lowest BCUT2D eigenvalue weighted by Crippen LogP contribution is -2.34. The van der Waals surface area contributed by atoms with Crippen LogP contribution in [0.1, 0.15) is 18.8 Å². The Morgan fingerprint density at radius 1 is 1.52 bits per heavy atom. The molecule has 108 valence electrons. The standard InChI is InChI=1S/C12H12N6O2S/c1-7(10-13-5-15-17-10)16-9(19)4-18-6-14-11-8(12(18)20)2-3-21-11/h2-3,5-7H,4H2,1H3,(H,16,19)(H,13,15,17). The number of aromatic amines is 1. The highest BCUT2D eigenvalue weighted by atomic mass is 32.1. The number of hydrogen-bond donors (Lipinski definition) is 2. The fraction of sp³-hybridized carbons (Fsp3) is 0.250. The number of carbonyl (C=O) groups is 1. The van der Waals surface area contributed by atoms with Crippen LogP contribution in [0.3, 0.4) is 0 Å². The lowest BCUT2D eigenvalue weighted by molar-refractivity contribution is -0.122. The summed E-state index contributed by atoms with van der Waals surface area (Å²) in [6, 6.07) is 1.40. The zero-order chi connectivity index (χ0) is 14.8. The van der Waals surface area contributed by atoms with Crippen molar-refractivity contribution in [3.63, 3.8) is 0 Å². The molecule has 0 saturated carbocycles. The second-order valence-corrected chi connectivity index (χ2v) is 5.37. The maximum absolute atomic E-state index is 12.2. The van der Waals surface area contributed by atoms with Crippen LogP contribution in [-0.4, -0.2) is 30.6 Å². The van der Waals surface area contributed by atoms with Gasteiger partial charge in [-0.15, -0.1) is 11.3 Å². The lowest BCUT2D eigenvalue weighted by Gasteiger charge is -2.11. The average molecular weight is 304 g/mol. The van der Waals surface area contributed by atoms with Crippen LogP contribution in [0.25, 0.3) is 10.2 Å². The van der Waals surface area contributed by atoms with Crippen LogP contribution in [0.4, 0.5) is 0 Å². The Hall–Kier alpha value is -2.55. The molecule has 3 rings (SSSR count). The van der Waals surface area contributed by atoms with Crippen LogP contribution in [0, 0.1) is 0 Å². The fourth-order valence-corrected chi connectivity index (χ4v) is 2.66. The number of nitrogens with zero attached hydrogens (tertiary/aromatic N) is 4. The van der Waals surface area contributed by atoms with Crippen molar-refractivity contribution in [1.29, 1.82) is 0 Å². The van der Waals surface area contributed by atoms with Gasteiger partial charge in [-0.25, -0.2) is 9.97 Å². The molecule has 0 saturated heterocycles. The van der Waals surface area contributed by atoms with E-state index < -0.39 is 0 Å². The van der Waals surface area contributed by atoms with Gasteiger partial charge < -0.3 is 5.32 Å². The van der Waals surface area contributed by atoms with Crippen LogP contribution in [0.5, 0.6) is 0 Å². The summed E-state index contributed by atoms with van der Waals surface area (Å²) in [6.07, 6.45) is 2.76. The van der Waals surface area contributed by atoms with Crippen molar-refractivity contribution in [2.45, 2.75) is 19.5 Å². The Morgan fingerprint density at radius 3 is 3.14 bits per heavy atom. The molecule has 0 aliphatic carbocycles. The highest BCUT2D eigenvalue weighted by Crippen LogP contribution is 2.13. The lowest BCUT2D eigenvalue weighted by atomic mass is 10.3. The zero-order valence-electron chi connectivity index (χ0n) is 11.1. The van der Waals surface area contributed by atoms with Crippen LogP contribution in [0.2, 0.25) is 0 Å². The van der Waals surface area contributed by atoms with Gasteiger partial charge >= 0.3 is 0 Å². The van der Waals surface area contributed by atoms with E-state index in [-0.39, 0.29) is 24.1 Å². The van der Waals surface area contributed by atoms with Gasteiger partial charge in [-0.1, -0.05) is 0 Å². The summed E-state index contributed by atoms with van der Waals surface area (Å²) in [4.78, 5) is 32.9. The van der Waals surface area contributed by atoms with Crippen molar-refractivity contribution in [1.82, 2.24) is 30.0 Å². The van der Waals surface area contributed by atoms with Crippen LogP contribution < -0.4 is 10.9 Å². The van der Waals surface area contributed by atoms with E-state index in [9.17, 15) is 9.59 Å². The smallest absolute Gasteiger partial charge is 0.262 e. The molecular formula is C12H12N6O2S. The first-order valence-corrected chi connectivity index (χ1v) is 7.10. The predicted molar refractivity (Wildman–Crippen MR) is 76.8 cm³/mol. The molecular weight excluding hydrogens is 292 g/mol. The van der Waals surface area contributed by atoms with Gasteiger partial charge in [0.2, 0.25) is 5.91 Å². The molecule has 8 nitrogen and oxygen atoms in total. The largest absolute Gasteiger partial charge is 0.345 e. The normalized spacial score (nSPS) is 12.4. The number of hydrogen-bond acceptors (Lipinski definition) is 6. The van der Waals surface area contributed by atoms with Gasteiger partial charge in [0.05, 0.1) is 17.8 Å². The molecule has 1 unspecified atom stereocenters. The first-order valence-electron chi connectivity index (χ1n) is 6.22. The number of carbonyl (C=O) groups excluding carboxylic acids is 1. The van der Waals surface area contributed by atoms with E-state index in [1.165, 1.54) is 28.6 Å². The number of nitrogens with one attached hydrogen (secondary N) is 2. The molecule has 0 aliphatic rings. The summed E-state index contributed by atoms with van der Waals surface area (Å²) in [6.45, 7) is 1.69. The Bertz CT molecular complexity index is 822. The molecule has 21 heavy (non-hydrogen) atoms. The summed E-state index contributed by atoms with van der Waals surface area (Å²) < 4.78 is 1.29. The minimum atomic E-state index is -0.312. The number of thiophene rings is 1. The average Bonchev–Trinajstić information content (AvgIpc) is 3.12. The van der Waals surface area contributed by atoms with Crippen molar-refractivity contribution in [2.24, 2.45) is 0 Å². The summed E-state index contributed by atoms with van der Waals surface area (Å²) >= 11 is 1.39. The second kappa shape index (κ2) is 5.44. The van der Waals surface area contributed by atoms with Gasteiger partial charge in [0.15, 0.2) is 0 Å². The third kappa shape index (κ3) is 2.68. The Morgan fingerprint density at radius 2 is 2.38 bits per heavy atom. The van der Waals surface area contributed by atoms with E-state index >= 15 is 0 Å². The topological polar surface area (TPSA) is 106 Å². The minimum Gasteiger partial charge on any atom is -0.345 e. The van der Waals surface area contributed by atoms with Crippen molar-refractivity contribution >= 4 is 27.5 Å². The van der Waals surface area contributed by atoms with Gasteiger partial charge in [0, 0.05) is 0 Å². The van der Waals surface area contributed by atoms with E-state index in [1.807, 2.05) is 0 Å². The van der Waals surface area contributed by atoms with Crippen molar-refractivity contribution in [3.05, 3.63) is 40.3 Å². The monoisotopic (exact) mass is 304 g/mol. The number of fused-ring (bicyclic) bond motifs is 1. The molecule has 9 heteroatoms. The summed E-state index contributed by atoms with van der Waals surface area (Å²) in [5.41, 5.74) is -0.219. The summed E-state index contributed by atoms with van der Waals surface area (Å²) in [5, 5.41) is 11.5. The maximum atomic E-state index is 12.2. The van der Waals surface area contributed by atoms with E-state index in [2.05, 4.69) is 25.5 Å². The Balaban J connectivity index is 1.74. The molecule has 0 spiro atoms. The van der Waals surface area contributed by atoms with Crippen molar-refractivity contribution in [2.75, 3.05) is 0 Å². The van der Waals surface area contributed by atoms with Crippen molar-refractivity contribution in [3.8, 4) is 0 Å². The van der Waals surface area contributed by atoms with Crippen LogP contribution >= 0.6 is 11.3 Å². The molecule has 0 aromatic carbocycles. The van der Waals surface area contributed by atoms with E-state index in [1.54, 1.807) is 18.4 Å². The van der Waals surface area contributed by atoms with E-state index in [4.69, 9.17) is 0 Å². The van der Waals surface area contributed by atoms with Crippen LogP contribution in [-0.2, 0) is 11.3 Å². The SMILES string of the molecule is CC(NC(=O)Cn1cnc2sccc2c1=O)c1ncn[nH]1. The molecule has 0 bridgehead atoms. The van der Waals surface area contributed by atoms with E-state index in [0.717, 1.165) is 0 Å². The number of H-pyrrole nitrogens is 1. The highest BCUT2D eigenvalue weighted by Gasteiger charge is 2.13. The van der Waals surface area contributed by atoms with E-state index in [0.29, 0.717) is 16.0 Å². The molecule has 3 aromatic heterocycles. The van der Waals surface area contributed by atoms with Gasteiger partial charge in [0.25, 0.3) is 5.56 Å². The molecule has 1 atom stereocenters. The van der Waals surface area contributed by atoms with Gasteiger partial charge in [-0.3, -0.25) is 19.3 Å². The summed E-state index contributed by atoms with van der Waals surface area (Å²) in [7, 11) is 0. The minimum absolute atomic E-state index is 0.0872.